The van der Waals surface area contributed by atoms with Crippen LogP contribution in [0.1, 0.15) is 25.5 Å². The van der Waals surface area contributed by atoms with E-state index in [1.807, 2.05) is 13.1 Å². The number of alkyl halides is 2. The highest BCUT2D eigenvalue weighted by Gasteiger charge is 2.26. The fourth-order valence-corrected chi connectivity index (χ4v) is 3.77. The summed E-state index contributed by atoms with van der Waals surface area (Å²) in [6.45, 7) is 5.53. The summed E-state index contributed by atoms with van der Waals surface area (Å²) in [6.07, 6.45) is 0.265. The molecule has 1 saturated heterocycles. The second-order valence-electron chi connectivity index (χ2n) is 6.41. The summed E-state index contributed by atoms with van der Waals surface area (Å²) in [6, 6.07) is 0. The number of aromatic nitrogens is 3. The second-order valence-corrected chi connectivity index (χ2v) is 7.35. The van der Waals surface area contributed by atoms with Crippen LogP contribution in [0.2, 0.25) is 0 Å². The van der Waals surface area contributed by atoms with Crippen LogP contribution < -0.4 is 10.2 Å². The molecule has 3 heterocycles. The molecule has 1 aliphatic rings. The van der Waals surface area contributed by atoms with Crippen molar-refractivity contribution in [3.05, 3.63) is 11.9 Å². The van der Waals surface area contributed by atoms with E-state index in [2.05, 4.69) is 20.3 Å². The van der Waals surface area contributed by atoms with Crippen molar-refractivity contribution in [1.29, 1.82) is 0 Å². The molecule has 2 atom stereocenters. The summed E-state index contributed by atoms with van der Waals surface area (Å²) in [5.74, 6) is -0.890. The zero-order chi connectivity index (χ0) is 17.3. The zero-order valence-electron chi connectivity index (χ0n) is 13.7. The summed E-state index contributed by atoms with van der Waals surface area (Å²) in [5, 5.41) is 8.24. The maximum atomic E-state index is 12.5. The normalized spacial score (nSPS) is 19.4. The Morgan fingerprint density at radius 1 is 1.54 bits per heavy atom. The Labute approximate surface area is 142 Å². The molecule has 1 fully saturated rings. The zero-order valence-corrected chi connectivity index (χ0v) is 14.5. The summed E-state index contributed by atoms with van der Waals surface area (Å²) in [4.78, 5) is 19.2. The molecule has 2 unspecified atom stereocenters. The molecule has 0 aliphatic carbocycles. The van der Waals surface area contributed by atoms with Crippen LogP contribution >= 0.6 is 11.3 Å². The van der Waals surface area contributed by atoms with Crippen LogP contribution in [0.4, 0.5) is 13.9 Å². The molecule has 9 heteroatoms. The Hall–Kier alpha value is -1.77. The van der Waals surface area contributed by atoms with Crippen LogP contribution in [0.25, 0.3) is 4.96 Å². The van der Waals surface area contributed by atoms with Crippen molar-refractivity contribution in [3.8, 4) is 0 Å². The molecule has 1 N–H and O–H groups in total. The molecule has 24 heavy (non-hydrogen) atoms. The fraction of sp³-hybridized carbons (Fsp3) is 0.667. The predicted octanol–water partition coefficient (Wildman–Crippen LogP) is 2.33. The van der Waals surface area contributed by atoms with Gasteiger partial charge in [-0.1, -0.05) is 18.3 Å². The number of amides is 1. The summed E-state index contributed by atoms with van der Waals surface area (Å²) in [5.41, 5.74) is 0.945. The number of fused-ring (bicyclic) bond motifs is 1. The number of aryl methyl sites for hydroxylation is 1. The predicted molar refractivity (Wildman–Crippen MR) is 88.7 cm³/mol. The van der Waals surface area contributed by atoms with Gasteiger partial charge in [-0.15, -0.1) is 5.10 Å². The van der Waals surface area contributed by atoms with Gasteiger partial charge in [0.1, 0.15) is 0 Å². The first-order valence-corrected chi connectivity index (χ1v) is 8.86. The van der Waals surface area contributed by atoms with Crippen LogP contribution in [-0.4, -0.2) is 46.6 Å². The maximum Gasteiger partial charge on any atom is 0.241 e. The highest BCUT2D eigenvalue weighted by molar-refractivity contribution is 7.20. The van der Waals surface area contributed by atoms with E-state index in [9.17, 15) is 13.6 Å². The monoisotopic (exact) mass is 357 g/mol. The lowest BCUT2D eigenvalue weighted by atomic mass is 10.1. The molecule has 2 aromatic heterocycles. The number of carbonyl (C=O) groups is 1. The van der Waals surface area contributed by atoms with Gasteiger partial charge < -0.3 is 10.2 Å². The minimum absolute atomic E-state index is 0.128. The summed E-state index contributed by atoms with van der Waals surface area (Å²) >= 11 is 1.55. The largest absolute Gasteiger partial charge is 0.356 e. The van der Waals surface area contributed by atoms with Crippen LogP contribution in [0.5, 0.6) is 0 Å². The molecule has 0 radical (unpaired) electrons. The van der Waals surface area contributed by atoms with Crippen LogP contribution in [0.3, 0.4) is 0 Å². The molecular formula is C15H21F2N5OS. The number of halogens is 2. The van der Waals surface area contributed by atoms with Crippen molar-refractivity contribution in [2.24, 2.45) is 11.8 Å². The first-order valence-electron chi connectivity index (χ1n) is 8.05. The number of rotatable bonds is 6. The Balaban J connectivity index is 1.48. The molecular weight excluding hydrogens is 336 g/mol. The minimum atomic E-state index is -2.45. The van der Waals surface area contributed by atoms with Crippen LogP contribution in [0, 0.1) is 18.8 Å². The minimum Gasteiger partial charge on any atom is -0.356 e. The van der Waals surface area contributed by atoms with Gasteiger partial charge in [0.05, 0.1) is 11.9 Å². The van der Waals surface area contributed by atoms with E-state index >= 15 is 0 Å². The lowest BCUT2D eigenvalue weighted by Crippen LogP contribution is -2.32. The van der Waals surface area contributed by atoms with E-state index < -0.39 is 12.3 Å². The quantitative estimate of drug-likeness (QED) is 0.862. The highest BCUT2D eigenvalue weighted by atomic mass is 32.1. The molecule has 0 spiro atoms. The van der Waals surface area contributed by atoms with Gasteiger partial charge in [-0.3, -0.25) is 4.79 Å². The van der Waals surface area contributed by atoms with E-state index in [0.29, 0.717) is 12.5 Å². The topological polar surface area (TPSA) is 62.5 Å². The molecule has 1 aliphatic heterocycles. The van der Waals surface area contributed by atoms with Gasteiger partial charge in [0.25, 0.3) is 0 Å². The molecule has 2 aromatic rings. The van der Waals surface area contributed by atoms with Gasteiger partial charge in [0, 0.05) is 32.0 Å². The molecule has 0 bridgehead atoms. The van der Waals surface area contributed by atoms with E-state index in [-0.39, 0.29) is 12.3 Å². The molecule has 0 aromatic carbocycles. The Morgan fingerprint density at radius 2 is 2.33 bits per heavy atom. The number of nitrogens with zero attached hydrogens (tertiary/aromatic N) is 4. The Bertz CT molecular complexity index is 684. The molecule has 132 valence electrons. The number of imidazole rings is 1. The van der Waals surface area contributed by atoms with Crippen molar-refractivity contribution < 1.29 is 13.6 Å². The second kappa shape index (κ2) is 7.00. The number of hydrogen-bond donors (Lipinski definition) is 1. The Kier molecular flexibility index (Phi) is 4.98. The smallest absolute Gasteiger partial charge is 0.241 e. The third-order valence-electron chi connectivity index (χ3n) is 4.23. The fourth-order valence-electron chi connectivity index (χ4n) is 2.81. The van der Waals surface area contributed by atoms with Crippen molar-refractivity contribution in [2.45, 2.75) is 33.1 Å². The molecule has 0 saturated carbocycles. The van der Waals surface area contributed by atoms with Crippen molar-refractivity contribution in [1.82, 2.24) is 19.9 Å². The van der Waals surface area contributed by atoms with Gasteiger partial charge in [0.15, 0.2) is 0 Å². The first kappa shape index (κ1) is 17.1. The number of hydrogen-bond acceptors (Lipinski definition) is 5. The number of nitrogens with one attached hydrogen (secondary N) is 1. The van der Waals surface area contributed by atoms with Crippen LogP contribution in [0.15, 0.2) is 6.20 Å². The van der Waals surface area contributed by atoms with E-state index in [1.54, 1.807) is 15.9 Å². The van der Waals surface area contributed by atoms with Gasteiger partial charge in [0.2, 0.25) is 22.4 Å². The maximum absolute atomic E-state index is 12.5. The standard InChI is InChI=1S/C15H21F2N5OS/c1-9(13(16)17)5-12(23)18-6-11-3-4-21(8-11)15-20-22-7-10(2)19-14(22)24-15/h7,9,11,13H,3-6,8H2,1-2H3,(H,18,23). The van der Waals surface area contributed by atoms with Crippen molar-refractivity contribution >= 4 is 27.3 Å². The van der Waals surface area contributed by atoms with Gasteiger partial charge in [-0.05, 0) is 19.3 Å². The number of carbonyl (C=O) groups excluding carboxylic acids is 1. The van der Waals surface area contributed by atoms with Gasteiger partial charge >= 0.3 is 0 Å². The third kappa shape index (κ3) is 3.82. The van der Waals surface area contributed by atoms with Gasteiger partial charge in [-0.25, -0.2) is 18.3 Å². The van der Waals surface area contributed by atoms with Gasteiger partial charge in [-0.2, -0.15) is 0 Å². The van der Waals surface area contributed by atoms with E-state index in [4.69, 9.17) is 0 Å². The Morgan fingerprint density at radius 3 is 3.04 bits per heavy atom. The lowest BCUT2D eigenvalue weighted by Gasteiger charge is -2.15. The lowest BCUT2D eigenvalue weighted by molar-refractivity contribution is -0.123. The molecule has 1 amide bonds. The van der Waals surface area contributed by atoms with E-state index in [0.717, 1.165) is 35.3 Å². The first-order chi connectivity index (χ1) is 11.4. The molecule has 3 rings (SSSR count). The molecule has 6 nitrogen and oxygen atoms in total. The summed E-state index contributed by atoms with van der Waals surface area (Å²) < 4.78 is 26.7. The highest BCUT2D eigenvalue weighted by Crippen LogP contribution is 2.28. The average Bonchev–Trinajstić information content (AvgIpc) is 3.18. The SMILES string of the molecule is Cc1cn2nc(N3CCC(CNC(=O)CC(C)C(F)F)C3)sc2n1. The number of anilines is 1. The van der Waals surface area contributed by atoms with Crippen LogP contribution in [-0.2, 0) is 4.79 Å². The van der Waals surface area contributed by atoms with Crippen molar-refractivity contribution in [2.75, 3.05) is 24.5 Å². The third-order valence-corrected chi connectivity index (χ3v) is 5.22. The van der Waals surface area contributed by atoms with Crippen molar-refractivity contribution in [3.63, 3.8) is 0 Å². The summed E-state index contributed by atoms with van der Waals surface area (Å²) in [7, 11) is 0. The average molecular weight is 357 g/mol. The van der Waals surface area contributed by atoms with E-state index in [1.165, 1.54) is 6.92 Å².